The summed E-state index contributed by atoms with van der Waals surface area (Å²) in [6.07, 6.45) is 1.48. The summed E-state index contributed by atoms with van der Waals surface area (Å²) in [7, 11) is 0. The van der Waals surface area contributed by atoms with Crippen molar-refractivity contribution in [2.45, 2.75) is 0 Å². The zero-order valence-electron chi connectivity index (χ0n) is 9.15. The Balaban J connectivity index is 2.19. The first-order valence-corrected chi connectivity index (χ1v) is 6.21. The molecule has 1 aromatic heterocycles. The van der Waals surface area contributed by atoms with Gasteiger partial charge in [-0.2, -0.15) is 0 Å². The summed E-state index contributed by atoms with van der Waals surface area (Å²) in [5.41, 5.74) is 6.54. The van der Waals surface area contributed by atoms with E-state index in [0.29, 0.717) is 26.6 Å². The first-order chi connectivity index (χ1) is 8.56. The molecule has 4 nitrogen and oxygen atoms in total. The smallest absolute Gasteiger partial charge is 0.257 e. The molecule has 1 amide bonds. The molecule has 0 aliphatic carbocycles. The number of hydrogen-bond acceptors (Lipinski definition) is 3. The third kappa shape index (κ3) is 3.00. The average Bonchev–Trinajstić information content (AvgIpc) is 2.32. The Kier molecular flexibility index (Phi) is 3.84. The van der Waals surface area contributed by atoms with Gasteiger partial charge in [-0.15, -0.1) is 0 Å². The molecule has 0 atom stereocenters. The predicted octanol–water partition coefficient (Wildman–Crippen LogP) is 3.33. The molecule has 0 saturated heterocycles. The van der Waals surface area contributed by atoms with Gasteiger partial charge in [0, 0.05) is 9.50 Å². The van der Waals surface area contributed by atoms with Gasteiger partial charge in [0.2, 0.25) is 0 Å². The SMILES string of the molecule is Nc1ccc(NC(=O)c2ccc(Cl)cc2Br)nc1. The van der Waals surface area contributed by atoms with E-state index in [9.17, 15) is 4.79 Å². The number of rotatable bonds is 2. The van der Waals surface area contributed by atoms with Gasteiger partial charge in [0.1, 0.15) is 5.82 Å². The van der Waals surface area contributed by atoms with Gasteiger partial charge in [-0.05, 0) is 46.3 Å². The van der Waals surface area contributed by atoms with E-state index in [1.807, 2.05) is 0 Å². The molecule has 0 radical (unpaired) electrons. The van der Waals surface area contributed by atoms with Crippen molar-refractivity contribution in [3.63, 3.8) is 0 Å². The third-order valence-electron chi connectivity index (χ3n) is 2.20. The lowest BCUT2D eigenvalue weighted by Crippen LogP contribution is -2.13. The van der Waals surface area contributed by atoms with Gasteiger partial charge in [0.15, 0.2) is 0 Å². The number of halogens is 2. The van der Waals surface area contributed by atoms with E-state index in [-0.39, 0.29) is 5.91 Å². The standard InChI is InChI=1S/C12H9BrClN3O/c13-10-5-7(14)1-3-9(10)12(18)17-11-4-2-8(15)6-16-11/h1-6H,15H2,(H,16,17,18). The molecule has 18 heavy (non-hydrogen) atoms. The number of nitrogens with zero attached hydrogens (tertiary/aromatic N) is 1. The summed E-state index contributed by atoms with van der Waals surface area (Å²) in [5, 5.41) is 3.23. The number of hydrogen-bond donors (Lipinski definition) is 2. The van der Waals surface area contributed by atoms with Gasteiger partial charge in [-0.25, -0.2) is 4.98 Å². The summed E-state index contributed by atoms with van der Waals surface area (Å²) in [6.45, 7) is 0. The van der Waals surface area contributed by atoms with Crippen LogP contribution in [0.4, 0.5) is 11.5 Å². The maximum atomic E-state index is 12.0. The van der Waals surface area contributed by atoms with Gasteiger partial charge in [0.25, 0.3) is 5.91 Å². The number of carbonyl (C=O) groups excluding carboxylic acids is 1. The third-order valence-corrected chi connectivity index (χ3v) is 3.09. The van der Waals surface area contributed by atoms with Crippen LogP contribution < -0.4 is 11.1 Å². The summed E-state index contributed by atoms with van der Waals surface area (Å²) in [4.78, 5) is 16.0. The van der Waals surface area contributed by atoms with Crippen LogP contribution in [0.15, 0.2) is 41.0 Å². The number of aromatic nitrogens is 1. The second-order valence-electron chi connectivity index (χ2n) is 3.56. The van der Waals surface area contributed by atoms with Crippen LogP contribution in [0, 0.1) is 0 Å². The quantitative estimate of drug-likeness (QED) is 0.889. The van der Waals surface area contributed by atoms with Crippen molar-refractivity contribution in [2.75, 3.05) is 11.1 Å². The normalized spacial score (nSPS) is 10.1. The number of benzene rings is 1. The molecular weight excluding hydrogens is 318 g/mol. The summed E-state index contributed by atoms with van der Waals surface area (Å²) in [6, 6.07) is 8.25. The molecule has 1 aromatic carbocycles. The van der Waals surface area contributed by atoms with Crippen LogP contribution in [0.2, 0.25) is 5.02 Å². The lowest BCUT2D eigenvalue weighted by molar-refractivity contribution is 0.102. The molecule has 0 aliphatic rings. The molecule has 0 bridgehead atoms. The van der Waals surface area contributed by atoms with E-state index >= 15 is 0 Å². The second kappa shape index (κ2) is 5.37. The first-order valence-electron chi connectivity index (χ1n) is 5.04. The summed E-state index contributed by atoms with van der Waals surface area (Å²) >= 11 is 9.10. The molecule has 92 valence electrons. The van der Waals surface area contributed by atoms with Gasteiger partial charge < -0.3 is 11.1 Å². The van der Waals surface area contributed by atoms with E-state index in [2.05, 4.69) is 26.2 Å². The number of nitrogen functional groups attached to an aromatic ring is 1. The first kappa shape index (κ1) is 12.9. The minimum Gasteiger partial charge on any atom is -0.397 e. The molecular formula is C12H9BrClN3O. The van der Waals surface area contributed by atoms with Crippen molar-refractivity contribution in [3.8, 4) is 0 Å². The van der Waals surface area contributed by atoms with Crippen molar-refractivity contribution in [1.29, 1.82) is 0 Å². The van der Waals surface area contributed by atoms with Crippen molar-refractivity contribution in [3.05, 3.63) is 51.6 Å². The number of amides is 1. The second-order valence-corrected chi connectivity index (χ2v) is 4.85. The van der Waals surface area contributed by atoms with Crippen molar-refractivity contribution < 1.29 is 4.79 Å². The van der Waals surface area contributed by atoms with Crippen LogP contribution in [-0.4, -0.2) is 10.9 Å². The molecule has 6 heteroatoms. The minimum atomic E-state index is -0.268. The van der Waals surface area contributed by atoms with Crippen LogP contribution in [0.1, 0.15) is 10.4 Å². The fourth-order valence-corrected chi connectivity index (χ4v) is 2.20. The van der Waals surface area contributed by atoms with Crippen LogP contribution in [0.5, 0.6) is 0 Å². The largest absolute Gasteiger partial charge is 0.397 e. The lowest BCUT2D eigenvalue weighted by Gasteiger charge is -2.06. The monoisotopic (exact) mass is 325 g/mol. The fourth-order valence-electron chi connectivity index (χ4n) is 1.34. The Labute approximate surface area is 117 Å². The Morgan fingerprint density at radius 3 is 2.72 bits per heavy atom. The van der Waals surface area contributed by atoms with Gasteiger partial charge in [0.05, 0.1) is 17.4 Å². The Bertz CT molecular complexity index is 586. The van der Waals surface area contributed by atoms with Crippen LogP contribution in [0.3, 0.4) is 0 Å². The summed E-state index contributed by atoms with van der Waals surface area (Å²) < 4.78 is 0.628. The minimum absolute atomic E-state index is 0.268. The predicted molar refractivity (Wildman–Crippen MR) is 75.8 cm³/mol. The highest BCUT2D eigenvalue weighted by molar-refractivity contribution is 9.10. The number of anilines is 2. The van der Waals surface area contributed by atoms with Crippen molar-refractivity contribution >= 4 is 44.9 Å². The van der Waals surface area contributed by atoms with E-state index < -0.39 is 0 Å². The molecule has 2 aromatic rings. The Morgan fingerprint density at radius 2 is 2.11 bits per heavy atom. The Morgan fingerprint density at radius 1 is 1.33 bits per heavy atom. The molecule has 0 spiro atoms. The van der Waals surface area contributed by atoms with E-state index in [4.69, 9.17) is 17.3 Å². The zero-order chi connectivity index (χ0) is 13.1. The molecule has 0 aliphatic heterocycles. The number of nitrogens with two attached hydrogens (primary N) is 1. The van der Waals surface area contributed by atoms with Crippen LogP contribution in [0.25, 0.3) is 0 Å². The number of pyridine rings is 1. The molecule has 0 unspecified atom stereocenters. The molecule has 0 saturated carbocycles. The van der Waals surface area contributed by atoms with Gasteiger partial charge in [-0.1, -0.05) is 11.6 Å². The van der Waals surface area contributed by atoms with E-state index in [1.165, 1.54) is 6.20 Å². The highest BCUT2D eigenvalue weighted by atomic mass is 79.9. The number of carbonyl (C=O) groups is 1. The number of nitrogens with one attached hydrogen (secondary N) is 1. The van der Waals surface area contributed by atoms with Crippen molar-refractivity contribution in [1.82, 2.24) is 4.98 Å². The highest BCUT2D eigenvalue weighted by Gasteiger charge is 2.10. The molecule has 0 fully saturated rings. The van der Waals surface area contributed by atoms with Gasteiger partial charge >= 0.3 is 0 Å². The van der Waals surface area contributed by atoms with Gasteiger partial charge in [-0.3, -0.25) is 4.79 Å². The zero-order valence-corrected chi connectivity index (χ0v) is 11.5. The average molecular weight is 327 g/mol. The maximum absolute atomic E-state index is 12.0. The molecule has 3 N–H and O–H groups in total. The van der Waals surface area contributed by atoms with Crippen molar-refractivity contribution in [2.24, 2.45) is 0 Å². The fraction of sp³-hybridized carbons (Fsp3) is 0. The maximum Gasteiger partial charge on any atom is 0.257 e. The Hall–Kier alpha value is -1.59. The lowest BCUT2D eigenvalue weighted by atomic mass is 10.2. The van der Waals surface area contributed by atoms with Crippen LogP contribution >= 0.6 is 27.5 Å². The van der Waals surface area contributed by atoms with E-state index in [0.717, 1.165) is 0 Å². The molecule has 2 rings (SSSR count). The highest BCUT2D eigenvalue weighted by Crippen LogP contribution is 2.22. The molecule has 1 heterocycles. The summed E-state index contributed by atoms with van der Waals surface area (Å²) in [5.74, 6) is 0.173. The van der Waals surface area contributed by atoms with Crippen LogP contribution in [-0.2, 0) is 0 Å². The topological polar surface area (TPSA) is 68.0 Å². The van der Waals surface area contributed by atoms with E-state index in [1.54, 1.807) is 30.3 Å².